The van der Waals surface area contributed by atoms with Gasteiger partial charge in [0.1, 0.15) is 12.6 Å². The van der Waals surface area contributed by atoms with Gasteiger partial charge in [-0.1, -0.05) is 40.5 Å². The van der Waals surface area contributed by atoms with Crippen LogP contribution in [0.15, 0.2) is 34.5 Å². The average molecular weight is 476 g/mol. The maximum Gasteiger partial charge on any atom is 0.289 e. The van der Waals surface area contributed by atoms with E-state index in [2.05, 4.69) is 26.1 Å². The Bertz CT molecular complexity index is 807. The van der Waals surface area contributed by atoms with Gasteiger partial charge in [-0.05, 0) is 62.9 Å². The zero-order valence-electron chi connectivity index (χ0n) is 17.3. The highest BCUT2D eigenvalue weighted by Gasteiger charge is 2.42. The number of ether oxygens (including phenoxy) is 1. The van der Waals surface area contributed by atoms with E-state index in [1.807, 2.05) is 24.3 Å². The van der Waals surface area contributed by atoms with Gasteiger partial charge in [-0.3, -0.25) is 9.59 Å². The summed E-state index contributed by atoms with van der Waals surface area (Å²) in [5.74, 6) is 0.0486. The Morgan fingerprint density at radius 2 is 1.93 bits per heavy atom. The number of morpholine rings is 1. The molecule has 2 aliphatic heterocycles. The topological polar surface area (TPSA) is 61.9 Å². The van der Waals surface area contributed by atoms with E-state index in [0.29, 0.717) is 12.3 Å². The normalized spacial score (nSPS) is 25.8. The lowest BCUT2D eigenvalue weighted by atomic mass is 9.89. The molecule has 1 aromatic carbocycles. The maximum absolute atomic E-state index is 13.2. The molecule has 30 heavy (non-hydrogen) atoms. The molecule has 2 atom stereocenters. The van der Waals surface area contributed by atoms with E-state index in [1.165, 1.54) is 12.8 Å². The van der Waals surface area contributed by atoms with E-state index in [0.717, 1.165) is 55.4 Å². The van der Waals surface area contributed by atoms with E-state index in [4.69, 9.17) is 4.74 Å². The van der Waals surface area contributed by atoms with Crippen LogP contribution in [0.5, 0.6) is 0 Å². The smallest absolute Gasteiger partial charge is 0.289 e. The standard InChI is InChI=1S/C23H30BrN3O3/c24-18-8-2-1-7-17(18)15-21-23(29)27(19-9-3-4-10-20(19)30-21)16-22(28)25-11-14-26-12-5-6-13-26/h1-2,7-8,15,19-20H,3-6,9-14,16H2,(H,25,28)/b21-15+. The predicted molar refractivity (Wildman–Crippen MR) is 120 cm³/mol. The molecule has 0 aromatic heterocycles. The Morgan fingerprint density at radius 1 is 1.17 bits per heavy atom. The average Bonchev–Trinajstić information content (AvgIpc) is 3.26. The van der Waals surface area contributed by atoms with Crippen molar-refractivity contribution in [3.63, 3.8) is 0 Å². The molecular weight excluding hydrogens is 446 g/mol. The Morgan fingerprint density at radius 3 is 2.73 bits per heavy atom. The van der Waals surface area contributed by atoms with Crippen molar-refractivity contribution in [1.29, 1.82) is 0 Å². The van der Waals surface area contributed by atoms with E-state index >= 15 is 0 Å². The number of likely N-dealkylation sites (tertiary alicyclic amines) is 1. The van der Waals surface area contributed by atoms with Gasteiger partial charge in [0.15, 0.2) is 5.76 Å². The summed E-state index contributed by atoms with van der Waals surface area (Å²) in [6.45, 7) is 3.83. The summed E-state index contributed by atoms with van der Waals surface area (Å²) < 4.78 is 7.04. The van der Waals surface area contributed by atoms with Crippen LogP contribution < -0.4 is 5.32 Å². The Hall–Kier alpha value is -1.86. The molecule has 4 rings (SSSR count). The molecule has 3 fully saturated rings. The number of rotatable bonds is 6. The third-order valence-corrected chi connectivity index (χ3v) is 6.99. The van der Waals surface area contributed by atoms with Crippen LogP contribution in [0, 0.1) is 0 Å². The second-order valence-electron chi connectivity index (χ2n) is 8.37. The number of carbonyl (C=O) groups excluding carboxylic acids is 2. The minimum atomic E-state index is -0.191. The van der Waals surface area contributed by atoms with Gasteiger partial charge in [0, 0.05) is 17.6 Å². The van der Waals surface area contributed by atoms with Gasteiger partial charge in [0.05, 0.1) is 6.04 Å². The number of amides is 2. The van der Waals surface area contributed by atoms with Gasteiger partial charge in [0.2, 0.25) is 5.91 Å². The number of hydrogen-bond donors (Lipinski definition) is 1. The number of nitrogens with one attached hydrogen (secondary N) is 1. The molecule has 1 aliphatic carbocycles. The Labute approximate surface area is 186 Å². The fourth-order valence-corrected chi connectivity index (χ4v) is 5.06. The van der Waals surface area contributed by atoms with Crippen LogP contribution in [-0.4, -0.2) is 66.5 Å². The van der Waals surface area contributed by atoms with Crippen molar-refractivity contribution in [3.8, 4) is 0 Å². The number of fused-ring (bicyclic) bond motifs is 1. The molecule has 0 spiro atoms. The molecule has 2 saturated heterocycles. The van der Waals surface area contributed by atoms with E-state index in [-0.39, 0.29) is 30.5 Å². The van der Waals surface area contributed by atoms with Crippen molar-refractivity contribution in [2.45, 2.75) is 50.7 Å². The molecule has 1 N–H and O–H groups in total. The molecule has 1 saturated carbocycles. The number of carbonyl (C=O) groups is 2. The highest BCUT2D eigenvalue weighted by atomic mass is 79.9. The lowest BCUT2D eigenvalue weighted by molar-refractivity contribution is -0.151. The highest BCUT2D eigenvalue weighted by Crippen LogP contribution is 2.33. The first-order valence-electron chi connectivity index (χ1n) is 11.0. The lowest BCUT2D eigenvalue weighted by Crippen LogP contribution is -2.57. The lowest BCUT2D eigenvalue weighted by Gasteiger charge is -2.44. The highest BCUT2D eigenvalue weighted by molar-refractivity contribution is 9.10. The monoisotopic (exact) mass is 475 g/mol. The van der Waals surface area contributed by atoms with Gasteiger partial charge >= 0.3 is 0 Å². The van der Waals surface area contributed by atoms with E-state index < -0.39 is 0 Å². The second-order valence-corrected chi connectivity index (χ2v) is 9.22. The van der Waals surface area contributed by atoms with Crippen molar-refractivity contribution in [1.82, 2.24) is 15.1 Å². The molecule has 2 amide bonds. The molecule has 2 heterocycles. The first-order chi connectivity index (χ1) is 14.6. The first kappa shape index (κ1) is 21.4. The second kappa shape index (κ2) is 9.96. The maximum atomic E-state index is 13.2. The third-order valence-electron chi connectivity index (χ3n) is 6.27. The summed E-state index contributed by atoms with van der Waals surface area (Å²) in [5, 5.41) is 3.00. The van der Waals surface area contributed by atoms with Crippen molar-refractivity contribution in [2.24, 2.45) is 0 Å². The zero-order chi connectivity index (χ0) is 20.9. The van der Waals surface area contributed by atoms with Crippen molar-refractivity contribution in [2.75, 3.05) is 32.7 Å². The largest absolute Gasteiger partial charge is 0.482 e. The summed E-state index contributed by atoms with van der Waals surface area (Å²) in [5.41, 5.74) is 0.894. The minimum absolute atomic E-state index is 0.0213. The minimum Gasteiger partial charge on any atom is -0.482 e. The van der Waals surface area contributed by atoms with Crippen LogP contribution in [-0.2, 0) is 14.3 Å². The van der Waals surface area contributed by atoms with Gasteiger partial charge in [-0.25, -0.2) is 0 Å². The quantitative estimate of drug-likeness (QED) is 0.641. The first-order valence-corrected chi connectivity index (χ1v) is 11.8. The van der Waals surface area contributed by atoms with E-state index in [9.17, 15) is 9.59 Å². The third kappa shape index (κ3) is 5.06. The number of nitrogens with zero attached hydrogens (tertiary/aromatic N) is 2. The van der Waals surface area contributed by atoms with Crippen LogP contribution in [0.4, 0.5) is 0 Å². The number of hydrogen-bond acceptors (Lipinski definition) is 4. The van der Waals surface area contributed by atoms with Crippen LogP contribution >= 0.6 is 15.9 Å². The summed E-state index contributed by atoms with van der Waals surface area (Å²) in [7, 11) is 0. The van der Waals surface area contributed by atoms with Gasteiger partial charge < -0.3 is 19.9 Å². The summed E-state index contributed by atoms with van der Waals surface area (Å²) in [6.07, 6.45) is 8.19. The van der Waals surface area contributed by atoms with Crippen molar-refractivity contribution in [3.05, 3.63) is 40.1 Å². The molecule has 1 aromatic rings. The van der Waals surface area contributed by atoms with Gasteiger partial charge in [-0.2, -0.15) is 0 Å². The molecular formula is C23H30BrN3O3. The predicted octanol–water partition coefficient (Wildman–Crippen LogP) is 3.17. The SMILES string of the molecule is O=C(CN1C(=O)/C(=C\c2ccccc2Br)OC2CCCCC21)NCCN1CCCC1. The summed E-state index contributed by atoms with van der Waals surface area (Å²) in [4.78, 5) is 30.0. The number of benzene rings is 1. The van der Waals surface area contributed by atoms with Gasteiger partial charge in [-0.15, -0.1) is 0 Å². The summed E-state index contributed by atoms with van der Waals surface area (Å²) in [6, 6.07) is 7.72. The van der Waals surface area contributed by atoms with Crippen molar-refractivity contribution < 1.29 is 14.3 Å². The molecule has 162 valence electrons. The number of halogens is 1. The fraction of sp³-hybridized carbons (Fsp3) is 0.565. The van der Waals surface area contributed by atoms with Crippen LogP contribution in [0.3, 0.4) is 0 Å². The molecule has 3 aliphatic rings. The van der Waals surface area contributed by atoms with Crippen LogP contribution in [0.2, 0.25) is 0 Å². The van der Waals surface area contributed by atoms with Crippen LogP contribution in [0.1, 0.15) is 44.1 Å². The Balaban J connectivity index is 1.44. The molecule has 7 heteroatoms. The van der Waals surface area contributed by atoms with Crippen LogP contribution in [0.25, 0.3) is 6.08 Å². The molecule has 0 bridgehead atoms. The zero-order valence-corrected chi connectivity index (χ0v) is 18.9. The fourth-order valence-electron chi connectivity index (χ4n) is 4.67. The molecule has 6 nitrogen and oxygen atoms in total. The van der Waals surface area contributed by atoms with Crippen molar-refractivity contribution >= 4 is 33.8 Å². The summed E-state index contributed by atoms with van der Waals surface area (Å²) >= 11 is 3.53. The Kier molecular flexibility index (Phi) is 7.10. The molecule has 2 unspecified atom stereocenters. The van der Waals surface area contributed by atoms with E-state index in [1.54, 1.807) is 11.0 Å². The van der Waals surface area contributed by atoms with Gasteiger partial charge in [0.25, 0.3) is 5.91 Å². The molecule has 0 radical (unpaired) electrons.